The Bertz CT molecular complexity index is 212. The normalized spacial score (nSPS) is 11.0. The summed E-state index contributed by atoms with van der Waals surface area (Å²) in [4.78, 5) is 14.8. The van der Waals surface area contributed by atoms with E-state index in [0.29, 0.717) is 52.9 Å². The van der Waals surface area contributed by atoms with Crippen molar-refractivity contribution in [2.75, 3.05) is 60.0 Å². The van der Waals surface area contributed by atoms with E-state index in [1.54, 1.807) is 7.11 Å². The lowest BCUT2D eigenvalue weighted by Gasteiger charge is -2.06. The van der Waals surface area contributed by atoms with Crippen molar-refractivity contribution < 1.29 is 28.6 Å². The second-order valence-electron chi connectivity index (χ2n) is 3.35. The van der Waals surface area contributed by atoms with Crippen LogP contribution in [0, 0.1) is 0 Å². The second-order valence-corrected chi connectivity index (χ2v) is 3.35. The molecule has 7 nitrogen and oxygen atoms in total. The highest BCUT2D eigenvalue weighted by Crippen LogP contribution is 1.83. The maximum Gasteiger partial charge on any atom is 0.140 e. The fourth-order valence-electron chi connectivity index (χ4n) is 0.972. The molecule has 0 aliphatic heterocycles. The monoisotopic (exact) mass is 277 g/mol. The lowest BCUT2D eigenvalue weighted by molar-refractivity contribution is -0.106. The first-order chi connectivity index (χ1) is 9.41. The number of hydrogen-bond donors (Lipinski definition) is 0. The zero-order valence-electron chi connectivity index (χ0n) is 11.4. The van der Waals surface area contributed by atoms with Crippen LogP contribution in [0.25, 0.3) is 0 Å². The molecule has 0 aliphatic carbocycles. The van der Waals surface area contributed by atoms with Gasteiger partial charge in [-0.25, -0.2) is 0 Å². The number of nitrogens with zero attached hydrogens (tertiary/aromatic N) is 1. The van der Waals surface area contributed by atoms with Gasteiger partial charge in [-0.15, -0.1) is 0 Å². The van der Waals surface area contributed by atoms with Crippen LogP contribution in [0.3, 0.4) is 0 Å². The Hall–Kier alpha value is -1.02. The molecule has 112 valence electrons. The minimum atomic E-state index is 0.265. The SMILES string of the molecule is COCCOCCOCCOCCO/N=C/CC=O. The summed E-state index contributed by atoms with van der Waals surface area (Å²) in [5.41, 5.74) is 0. The predicted octanol–water partition coefficient (Wildman–Crippen LogP) is 0.274. The Labute approximate surface area is 113 Å². The van der Waals surface area contributed by atoms with E-state index in [1.165, 1.54) is 6.21 Å². The molecule has 0 amide bonds. The highest BCUT2D eigenvalue weighted by molar-refractivity contribution is 5.75. The van der Waals surface area contributed by atoms with Crippen molar-refractivity contribution >= 4 is 12.5 Å². The molecule has 19 heavy (non-hydrogen) atoms. The van der Waals surface area contributed by atoms with Crippen molar-refractivity contribution in [3.05, 3.63) is 0 Å². The van der Waals surface area contributed by atoms with Gasteiger partial charge in [-0.05, 0) is 0 Å². The summed E-state index contributed by atoms with van der Waals surface area (Å²) in [6.45, 7) is 4.08. The number of hydrogen-bond acceptors (Lipinski definition) is 7. The third-order valence-electron chi connectivity index (χ3n) is 1.85. The molecule has 0 spiro atoms. The number of methoxy groups -OCH3 is 1. The van der Waals surface area contributed by atoms with Crippen LogP contribution < -0.4 is 0 Å². The lowest BCUT2D eigenvalue weighted by atomic mass is 10.5. The fraction of sp³-hybridized carbons (Fsp3) is 0.833. The zero-order valence-corrected chi connectivity index (χ0v) is 11.4. The van der Waals surface area contributed by atoms with Gasteiger partial charge in [-0.3, -0.25) is 0 Å². The van der Waals surface area contributed by atoms with Gasteiger partial charge in [0.2, 0.25) is 0 Å². The van der Waals surface area contributed by atoms with Crippen LogP contribution >= 0.6 is 0 Å². The number of rotatable bonds is 15. The average molecular weight is 277 g/mol. The Morgan fingerprint density at radius 2 is 1.37 bits per heavy atom. The van der Waals surface area contributed by atoms with Crippen molar-refractivity contribution in [2.24, 2.45) is 5.16 Å². The van der Waals surface area contributed by atoms with Crippen LogP contribution in [0.5, 0.6) is 0 Å². The van der Waals surface area contributed by atoms with E-state index in [-0.39, 0.29) is 6.42 Å². The minimum absolute atomic E-state index is 0.265. The molecule has 0 saturated carbocycles. The van der Waals surface area contributed by atoms with Gasteiger partial charge in [-0.1, -0.05) is 5.16 Å². The van der Waals surface area contributed by atoms with E-state index in [9.17, 15) is 4.79 Å². The van der Waals surface area contributed by atoms with Gasteiger partial charge in [0.25, 0.3) is 0 Å². The molecule has 0 bridgehead atoms. The molecule has 0 atom stereocenters. The lowest BCUT2D eigenvalue weighted by Crippen LogP contribution is -2.12. The third kappa shape index (κ3) is 17.0. The van der Waals surface area contributed by atoms with Gasteiger partial charge < -0.3 is 28.6 Å². The van der Waals surface area contributed by atoms with Gasteiger partial charge in [0.15, 0.2) is 0 Å². The van der Waals surface area contributed by atoms with Crippen molar-refractivity contribution in [3.8, 4) is 0 Å². The third-order valence-corrected chi connectivity index (χ3v) is 1.85. The first kappa shape index (κ1) is 18.0. The van der Waals surface area contributed by atoms with E-state index in [2.05, 4.69) is 5.16 Å². The summed E-state index contributed by atoms with van der Waals surface area (Å²) < 4.78 is 20.5. The van der Waals surface area contributed by atoms with Crippen LogP contribution in [0.1, 0.15) is 6.42 Å². The molecule has 0 rings (SSSR count). The van der Waals surface area contributed by atoms with E-state index < -0.39 is 0 Å². The van der Waals surface area contributed by atoms with E-state index in [1.807, 2.05) is 0 Å². The quantitative estimate of drug-likeness (QED) is 0.185. The number of aldehydes is 1. The summed E-state index contributed by atoms with van der Waals surface area (Å²) >= 11 is 0. The maximum atomic E-state index is 9.94. The molecule has 0 fully saturated rings. The summed E-state index contributed by atoms with van der Waals surface area (Å²) in [5, 5.41) is 3.55. The summed E-state index contributed by atoms with van der Waals surface area (Å²) in [6.07, 6.45) is 2.42. The summed E-state index contributed by atoms with van der Waals surface area (Å²) in [5.74, 6) is 0. The molecule has 0 unspecified atom stereocenters. The van der Waals surface area contributed by atoms with E-state index in [4.69, 9.17) is 23.8 Å². The largest absolute Gasteiger partial charge is 0.394 e. The van der Waals surface area contributed by atoms with Gasteiger partial charge >= 0.3 is 0 Å². The molecule has 0 saturated heterocycles. The van der Waals surface area contributed by atoms with E-state index >= 15 is 0 Å². The maximum absolute atomic E-state index is 9.94. The molecule has 0 heterocycles. The van der Waals surface area contributed by atoms with Crippen molar-refractivity contribution in [1.82, 2.24) is 0 Å². The van der Waals surface area contributed by atoms with E-state index in [0.717, 1.165) is 6.29 Å². The highest BCUT2D eigenvalue weighted by Gasteiger charge is 1.91. The second kappa shape index (κ2) is 17.0. The molecule has 0 N–H and O–H groups in total. The molecular formula is C12H23NO6. The Morgan fingerprint density at radius 1 is 0.842 bits per heavy atom. The average Bonchev–Trinajstić information content (AvgIpc) is 2.43. The van der Waals surface area contributed by atoms with Gasteiger partial charge in [-0.2, -0.15) is 0 Å². The molecule has 0 aromatic carbocycles. The smallest absolute Gasteiger partial charge is 0.140 e. The predicted molar refractivity (Wildman–Crippen MR) is 69.5 cm³/mol. The molecular weight excluding hydrogens is 254 g/mol. The Balaban J connectivity index is 2.97. The first-order valence-corrected chi connectivity index (χ1v) is 6.21. The van der Waals surface area contributed by atoms with Crippen LogP contribution in [0.15, 0.2) is 5.16 Å². The van der Waals surface area contributed by atoms with Gasteiger partial charge in [0, 0.05) is 13.5 Å². The van der Waals surface area contributed by atoms with Crippen LogP contribution in [-0.2, 0) is 28.6 Å². The molecule has 0 aromatic rings. The van der Waals surface area contributed by atoms with Crippen molar-refractivity contribution in [1.29, 1.82) is 0 Å². The standard InChI is InChI=1S/C12H23NO6/c1-15-5-6-16-7-8-17-9-10-18-11-12-19-13-3-2-4-14/h3-4H,2,5-12H2,1H3/b13-3+. The van der Waals surface area contributed by atoms with Crippen LogP contribution in [0.4, 0.5) is 0 Å². The number of oxime groups is 1. The van der Waals surface area contributed by atoms with Crippen molar-refractivity contribution in [2.45, 2.75) is 6.42 Å². The fourth-order valence-corrected chi connectivity index (χ4v) is 0.972. The number of carbonyl (C=O) groups excluding carboxylic acids is 1. The number of carbonyl (C=O) groups is 1. The zero-order chi connectivity index (χ0) is 14.0. The minimum Gasteiger partial charge on any atom is -0.394 e. The highest BCUT2D eigenvalue weighted by atomic mass is 16.6. The topological polar surface area (TPSA) is 75.6 Å². The van der Waals surface area contributed by atoms with Crippen molar-refractivity contribution in [3.63, 3.8) is 0 Å². The molecule has 0 aliphatic rings. The first-order valence-electron chi connectivity index (χ1n) is 6.21. The summed E-state index contributed by atoms with van der Waals surface area (Å²) in [6, 6.07) is 0. The Kier molecular flexibility index (Phi) is 16.1. The van der Waals surface area contributed by atoms with Gasteiger partial charge in [0.05, 0.1) is 52.5 Å². The molecule has 0 radical (unpaired) electrons. The Morgan fingerprint density at radius 3 is 1.89 bits per heavy atom. The number of ether oxygens (including phenoxy) is 4. The molecule has 7 heteroatoms. The van der Waals surface area contributed by atoms with Gasteiger partial charge in [0.1, 0.15) is 12.9 Å². The van der Waals surface area contributed by atoms with Crippen LogP contribution in [0.2, 0.25) is 0 Å². The van der Waals surface area contributed by atoms with Crippen LogP contribution in [-0.4, -0.2) is 72.5 Å². The molecule has 0 aromatic heterocycles. The summed E-state index contributed by atoms with van der Waals surface area (Å²) in [7, 11) is 1.63.